The molecule has 27 heavy (non-hydrogen) atoms. The van der Waals surface area contributed by atoms with Gasteiger partial charge in [0.1, 0.15) is 0 Å². The van der Waals surface area contributed by atoms with Crippen LogP contribution in [0, 0.1) is 16.0 Å². The van der Waals surface area contributed by atoms with Gasteiger partial charge < -0.3 is 19.5 Å². The van der Waals surface area contributed by atoms with Crippen molar-refractivity contribution < 1.29 is 48.7 Å². The molecule has 144 valence electrons. The minimum absolute atomic E-state index is 0. The Bertz CT molecular complexity index is 658. The van der Waals surface area contributed by atoms with Gasteiger partial charge in [0.15, 0.2) is 0 Å². The molecule has 1 aliphatic heterocycles. The molecule has 1 aromatic carbocycles. The molecule has 1 heterocycles. The van der Waals surface area contributed by atoms with Gasteiger partial charge in [0.05, 0.1) is 23.7 Å². The molecule has 1 aromatic rings. The summed E-state index contributed by atoms with van der Waals surface area (Å²) in [6.07, 6.45) is 5.63. The van der Waals surface area contributed by atoms with Crippen LogP contribution in [0.25, 0.3) is 0 Å². The zero-order valence-electron chi connectivity index (χ0n) is 15.8. The standard InChI is InChI=1S/C18H27N2O5P.Na/c21-20(22)16-8-6-15(7-9-16)18-11-25-17(10-19-18)13-26(23,24)12-14-4-2-1-3-5-14;/h6-9,14,17-19H,1-5,10-13H2,(H,23,24);/q;+1/p-1/t17-,18+;/m1./s1. The Kier molecular flexibility index (Phi) is 8.94. The second-order valence-corrected chi connectivity index (χ2v) is 9.81. The number of rotatable bonds is 6. The summed E-state index contributed by atoms with van der Waals surface area (Å²) in [7, 11) is -3.43. The summed E-state index contributed by atoms with van der Waals surface area (Å²) in [5, 5.41) is 14.0. The molecule has 0 aromatic heterocycles. The Labute approximate surface area is 182 Å². The van der Waals surface area contributed by atoms with Gasteiger partial charge in [-0.05, 0) is 17.6 Å². The van der Waals surface area contributed by atoms with E-state index >= 15 is 0 Å². The van der Waals surface area contributed by atoms with E-state index in [4.69, 9.17) is 4.74 Å². The van der Waals surface area contributed by atoms with Crippen LogP contribution in [-0.4, -0.2) is 36.5 Å². The zero-order valence-corrected chi connectivity index (χ0v) is 18.7. The number of ether oxygens (including phenoxy) is 1. The number of non-ortho nitro benzene ring substituents is 1. The third kappa shape index (κ3) is 6.93. The molecular weight excluding hydrogens is 378 g/mol. The van der Waals surface area contributed by atoms with Crippen molar-refractivity contribution in [2.75, 3.05) is 25.5 Å². The quantitative estimate of drug-likeness (QED) is 0.306. The molecule has 0 spiro atoms. The van der Waals surface area contributed by atoms with Crippen molar-refractivity contribution >= 4 is 13.1 Å². The van der Waals surface area contributed by atoms with Crippen LogP contribution in [0.1, 0.15) is 43.7 Å². The number of hydrogen-bond acceptors (Lipinski definition) is 6. The fourth-order valence-corrected chi connectivity index (χ4v) is 6.09. The number of nitro groups is 1. The van der Waals surface area contributed by atoms with Gasteiger partial charge in [0.25, 0.3) is 5.69 Å². The first kappa shape index (κ1) is 23.0. The van der Waals surface area contributed by atoms with E-state index in [-0.39, 0.29) is 53.6 Å². The number of benzene rings is 1. The van der Waals surface area contributed by atoms with E-state index in [1.165, 1.54) is 18.6 Å². The molecule has 1 aliphatic carbocycles. The van der Waals surface area contributed by atoms with Crippen molar-refractivity contribution in [3.8, 4) is 0 Å². The van der Waals surface area contributed by atoms with Crippen LogP contribution in [0.5, 0.6) is 0 Å². The van der Waals surface area contributed by atoms with Gasteiger partial charge in [0, 0.05) is 32.2 Å². The Morgan fingerprint density at radius 3 is 2.37 bits per heavy atom. The van der Waals surface area contributed by atoms with Crippen LogP contribution in [0.2, 0.25) is 0 Å². The monoisotopic (exact) mass is 404 g/mol. The van der Waals surface area contributed by atoms with Crippen LogP contribution in [0.3, 0.4) is 0 Å². The SMILES string of the molecule is O=[N+]([O-])c1ccc([C@@H]2CO[C@@H](CP(=O)([O-])CC3CCCCC3)CN2)cc1.[Na+]. The molecule has 1 saturated carbocycles. The van der Waals surface area contributed by atoms with Crippen molar-refractivity contribution in [3.63, 3.8) is 0 Å². The zero-order chi connectivity index (χ0) is 18.6. The first-order chi connectivity index (χ1) is 12.4. The molecular formula is C18H26N2NaO5P. The molecule has 3 atom stereocenters. The average molecular weight is 404 g/mol. The predicted molar refractivity (Wildman–Crippen MR) is 97.5 cm³/mol. The summed E-state index contributed by atoms with van der Waals surface area (Å²) in [5.41, 5.74) is 0.958. The third-order valence-electron chi connectivity index (χ3n) is 5.34. The van der Waals surface area contributed by atoms with Crippen LogP contribution in [0.4, 0.5) is 5.69 Å². The number of morpholine rings is 1. The summed E-state index contributed by atoms with van der Waals surface area (Å²) >= 11 is 0. The largest absolute Gasteiger partial charge is 1.00 e. The normalized spacial score (nSPS) is 26.0. The fraction of sp³-hybridized carbons (Fsp3) is 0.667. The molecule has 1 N–H and O–H groups in total. The second-order valence-electron chi connectivity index (χ2n) is 7.45. The summed E-state index contributed by atoms with van der Waals surface area (Å²) in [6, 6.07) is 6.29. The molecule has 0 bridgehead atoms. The Balaban J connectivity index is 0.00000261. The van der Waals surface area contributed by atoms with Crippen LogP contribution >= 0.6 is 7.37 Å². The Morgan fingerprint density at radius 2 is 1.81 bits per heavy atom. The summed E-state index contributed by atoms with van der Waals surface area (Å²) in [5.74, 6) is 0.316. The van der Waals surface area contributed by atoms with E-state index in [2.05, 4.69) is 5.32 Å². The summed E-state index contributed by atoms with van der Waals surface area (Å²) < 4.78 is 18.3. The van der Waals surface area contributed by atoms with Gasteiger partial charge in [-0.1, -0.05) is 44.2 Å². The maximum absolute atomic E-state index is 12.5. The van der Waals surface area contributed by atoms with E-state index in [9.17, 15) is 19.6 Å². The van der Waals surface area contributed by atoms with E-state index in [0.717, 1.165) is 31.2 Å². The van der Waals surface area contributed by atoms with E-state index < -0.39 is 12.3 Å². The van der Waals surface area contributed by atoms with Crippen LogP contribution < -0.4 is 39.8 Å². The molecule has 7 nitrogen and oxygen atoms in total. The fourth-order valence-electron chi connectivity index (χ4n) is 3.93. The average Bonchev–Trinajstić information content (AvgIpc) is 2.62. The topological polar surface area (TPSA) is 105 Å². The molecule has 9 heteroatoms. The van der Waals surface area contributed by atoms with Crippen molar-refractivity contribution in [1.29, 1.82) is 0 Å². The van der Waals surface area contributed by atoms with Gasteiger partial charge in [0.2, 0.25) is 0 Å². The Hall–Kier alpha value is -0.270. The number of nitro benzene ring substituents is 1. The van der Waals surface area contributed by atoms with Crippen LogP contribution in [0.15, 0.2) is 24.3 Å². The number of nitrogens with zero attached hydrogens (tertiary/aromatic N) is 1. The van der Waals surface area contributed by atoms with E-state index in [1.54, 1.807) is 12.1 Å². The van der Waals surface area contributed by atoms with E-state index in [0.29, 0.717) is 25.2 Å². The van der Waals surface area contributed by atoms with Crippen molar-refractivity contribution in [2.45, 2.75) is 44.2 Å². The number of nitrogens with one attached hydrogen (secondary N) is 1. The smallest absolute Gasteiger partial charge is 0.799 e. The Morgan fingerprint density at radius 1 is 1.15 bits per heavy atom. The first-order valence-electron chi connectivity index (χ1n) is 9.31. The van der Waals surface area contributed by atoms with Gasteiger partial charge in [-0.15, -0.1) is 0 Å². The van der Waals surface area contributed by atoms with Crippen LogP contribution in [-0.2, 0) is 9.30 Å². The molecule has 0 amide bonds. The van der Waals surface area contributed by atoms with E-state index in [1.807, 2.05) is 0 Å². The van der Waals surface area contributed by atoms with Crippen molar-refractivity contribution in [2.24, 2.45) is 5.92 Å². The molecule has 3 rings (SSSR count). The third-order valence-corrected chi connectivity index (χ3v) is 7.38. The maximum Gasteiger partial charge on any atom is 1.00 e. The van der Waals surface area contributed by atoms with Crippen molar-refractivity contribution in [3.05, 3.63) is 39.9 Å². The first-order valence-corrected chi connectivity index (χ1v) is 11.3. The molecule has 2 fully saturated rings. The van der Waals surface area contributed by atoms with Gasteiger partial charge in [-0.2, -0.15) is 0 Å². The molecule has 2 aliphatic rings. The second kappa shape index (κ2) is 10.5. The summed E-state index contributed by atoms with van der Waals surface area (Å²) in [6.45, 7) is 0.838. The number of hydrogen-bond donors (Lipinski definition) is 1. The minimum atomic E-state index is -3.43. The molecule has 1 unspecified atom stereocenters. The maximum atomic E-state index is 12.5. The molecule has 1 saturated heterocycles. The molecule has 0 radical (unpaired) electrons. The van der Waals surface area contributed by atoms with Gasteiger partial charge >= 0.3 is 29.6 Å². The van der Waals surface area contributed by atoms with Crippen molar-refractivity contribution in [1.82, 2.24) is 5.32 Å². The van der Waals surface area contributed by atoms with Gasteiger partial charge in [-0.3, -0.25) is 10.1 Å². The minimum Gasteiger partial charge on any atom is -0.799 e. The predicted octanol–water partition coefficient (Wildman–Crippen LogP) is -0.153. The van der Waals surface area contributed by atoms with Gasteiger partial charge in [-0.25, -0.2) is 0 Å². The summed E-state index contributed by atoms with van der Waals surface area (Å²) in [4.78, 5) is 22.8.